The van der Waals surface area contributed by atoms with Crippen molar-refractivity contribution in [2.75, 3.05) is 13.1 Å². The molecule has 1 fully saturated rings. The molecule has 20 heavy (non-hydrogen) atoms. The van der Waals surface area contributed by atoms with E-state index in [0.29, 0.717) is 18.5 Å². The summed E-state index contributed by atoms with van der Waals surface area (Å²) >= 11 is 0. The molecule has 2 aromatic rings. The number of rotatable bonds is 2. The monoisotopic (exact) mass is 273 g/mol. The normalized spacial score (nSPS) is 18.6. The van der Waals surface area contributed by atoms with Crippen LogP contribution >= 0.6 is 0 Å². The molecule has 0 saturated carbocycles. The Kier molecular flexibility index (Phi) is 2.93. The SMILES string of the molecule is Cc1nc2ccc(C(=O)N3CC[C@@H](C(=O)O)C3)cc2[nH]1. The molecule has 3 rings (SSSR count). The van der Waals surface area contributed by atoms with Crippen LogP contribution in [0.4, 0.5) is 0 Å². The Morgan fingerprint density at radius 1 is 1.45 bits per heavy atom. The van der Waals surface area contributed by atoms with E-state index in [1.165, 1.54) is 0 Å². The second kappa shape index (κ2) is 4.63. The fourth-order valence-electron chi connectivity index (χ4n) is 2.60. The van der Waals surface area contributed by atoms with Crippen molar-refractivity contribution in [3.05, 3.63) is 29.6 Å². The van der Waals surface area contributed by atoms with Gasteiger partial charge in [0.05, 0.1) is 17.0 Å². The van der Waals surface area contributed by atoms with E-state index in [1.54, 1.807) is 23.1 Å². The number of likely N-dealkylation sites (tertiary alicyclic amines) is 1. The third kappa shape index (κ3) is 2.13. The molecule has 0 radical (unpaired) electrons. The number of carbonyl (C=O) groups excluding carboxylic acids is 1. The molecule has 1 amide bonds. The Hall–Kier alpha value is -2.37. The number of aromatic nitrogens is 2. The standard InChI is InChI=1S/C14H15N3O3/c1-8-15-11-3-2-9(6-12(11)16-8)13(18)17-5-4-10(7-17)14(19)20/h2-3,6,10H,4-5,7H2,1H3,(H,15,16)(H,19,20)/t10-/m1/s1. The molecule has 0 spiro atoms. The van der Waals surface area contributed by atoms with Crippen molar-refractivity contribution < 1.29 is 14.7 Å². The van der Waals surface area contributed by atoms with E-state index < -0.39 is 11.9 Å². The van der Waals surface area contributed by atoms with Gasteiger partial charge in [0.2, 0.25) is 0 Å². The Balaban J connectivity index is 1.83. The maximum Gasteiger partial charge on any atom is 0.308 e. The van der Waals surface area contributed by atoms with Crippen molar-refractivity contribution in [3.63, 3.8) is 0 Å². The molecule has 0 bridgehead atoms. The number of nitrogens with one attached hydrogen (secondary N) is 1. The second-order valence-corrected chi connectivity index (χ2v) is 5.13. The quantitative estimate of drug-likeness (QED) is 0.866. The number of aliphatic carboxylic acids is 1. The van der Waals surface area contributed by atoms with Gasteiger partial charge in [-0.05, 0) is 31.5 Å². The smallest absolute Gasteiger partial charge is 0.308 e. The Labute approximate surface area is 115 Å². The highest BCUT2D eigenvalue weighted by Crippen LogP contribution is 2.20. The number of carboxylic acid groups (broad SMARTS) is 1. The van der Waals surface area contributed by atoms with E-state index in [0.717, 1.165) is 16.9 Å². The number of imidazole rings is 1. The zero-order valence-corrected chi connectivity index (χ0v) is 11.1. The van der Waals surface area contributed by atoms with Crippen LogP contribution in [0.2, 0.25) is 0 Å². The highest BCUT2D eigenvalue weighted by molar-refractivity contribution is 5.97. The number of benzene rings is 1. The van der Waals surface area contributed by atoms with Crippen LogP contribution < -0.4 is 0 Å². The van der Waals surface area contributed by atoms with E-state index in [4.69, 9.17) is 5.11 Å². The van der Waals surface area contributed by atoms with Gasteiger partial charge in [-0.15, -0.1) is 0 Å². The van der Waals surface area contributed by atoms with Gasteiger partial charge in [0.1, 0.15) is 5.82 Å². The first-order valence-corrected chi connectivity index (χ1v) is 6.53. The molecule has 1 aromatic carbocycles. The third-order valence-electron chi connectivity index (χ3n) is 3.67. The molecule has 0 aliphatic carbocycles. The zero-order chi connectivity index (χ0) is 14.3. The van der Waals surface area contributed by atoms with Crippen LogP contribution in [0.15, 0.2) is 18.2 Å². The van der Waals surface area contributed by atoms with Crippen molar-refractivity contribution in [1.29, 1.82) is 0 Å². The van der Waals surface area contributed by atoms with Gasteiger partial charge < -0.3 is 15.0 Å². The van der Waals surface area contributed by atoms with Crippen molar-refractivity contribution in [2.45, 2.75) is 13.3 Å². The van der Waals surface area contributed by atoms with Crippen LogP contribution in [0.25, 0.3) is 11.0 Å². The van der Waals surface area contributed by atoms with E-state index in [2.05, 4.69) is 9.97 Å². The van der Waals surface area contributed by atoms with E-state index >= 15 is 0 Å². The largest absolute Gasteiger partial charge is 0.481 e. The summed E-state index contributed by atoms with van der Waals surface area (Å²) in [4.78, 5) is 32.3. The van der Waals surface area contributed by atoms with Crippen molar-refractivity contribution in [1.82, 2.24) is 14.9 Å². The minimum atomic E-state index is -0.833. The van der Waals surface area contributed by atoms with E-state index in [9.17, 15) is 9.59 Å². The minimum absolute atomic E-state index is 0.122. The Morgan fingerprint density at radius 2 is 2.25 bits per heavy atom. The van der Waals surface area contributed by atoms with Crippen molar-refractivity contribution >= 4 is 22.9 Å². The Bertz CT molecular complexity index is 692. The van der Waals surface area contributed by atoms with Crippen LogP contribution in [0.3, 0.4) is 0 Å². The molecule has 1 aliphatic heterocycles. The second-order valence-electron chi connectivity index (χ2n) is 5.13. The van der Waals surface area contributed by atoms with Crippen molar-refractivity contribution in [3.8, 4) is 0 Å². The summed E-state index contributed by atoms with van der Waals surface area (Å²) in [6, 6.07) is 5.31. The maximum atomic E-state index is 12.4. The van der Waals surface area contributed by atoms with Gasteiger partial charge in [0, 0.05) is 18.7 Å². The topological polar surface area (TPSA) is 86.3 Å². The van der Waals surface area contributed by atoms with Crippen LogP contribution in [0, 0.1) is 12.8 Å². The van der Waals surface area contributed by atoms with E-state index in [1.807, 2.05) is 6.92 Å². The van der Waals surface area contributed by atoms with Gasteiger partial charge in [-0.2, -0.15) is 0 Å². The molecular formula is C14H15N3O3. The fourth-order valence-corrected chi connectivity index (χ4v) is 2.60. The predicted molar refractivity (Wildman–Crippen MR) is 72.5 cm³/mol. The highest BCUT2D eigenvalue weighted by atomic mass is 16.4. The number of H-pyrrole nitrogens is 1. The number of fused-ring (bicyclic) bond motifs is 1. The average Bonchev–Trinajstić information content (AvgIpc) is 3.02. The van der Waals surface area contributed by atoms with Crippen molar-refractivity contribution in [2.24, 2.45) is 5.92 Å². The van der Waals surface area contributed by atoms with Gasteiger partial charge in [-0.3, -0.25) is 9.59 Å². The summed E-state index contributed by atoms with van der Waals surface area (Å²) in [5.41, 5.74) is 2.21. The van der Waals surface area contributed by atoms with Crippen LogP contribution in [0.5, 0.6) is 0 Å². The van der Waals surface area contributed by atoms with Gasteiger partial charge >= 0.3 is 5.97 Å². The minimum Gasteiger partial charge on any atom is -0.481 e. The van der Waals surface area contributed by atoms with Gasteiger partial charge in [-0.1, -0.05) is 0 Å². The number of carboxylic acids is 1. The molecule has 104 valence electrons. The molecule has 2 N–H and O–H groups in total. The molecule has 2 heterocycles. The number of hydrogen-bond donors (Lipinski definition) is 2. The zero-order valence-electron chi connectivity index (χ0n) is 11.1. The molecule has 6 heteroatoms. The first kappa shape index (κ1) is 12.7. The van der Waals surface area contributed by atoms with Gasteiger partial charge in [0.15, 0.2) is 0 Å². The number of amides is 1. The Morgan fingerprint density at radius 3 is 2.95 bits per heavy atom. The first-order valence-electron chi connectivity index (χ1n) is 6.53. The predicted octanol–water partition coefficient (Wildman–Crippen LogP) is 1.42. The number of aromatic amines is 1. The number of aryl methyl sites for hydroxylation is 1. The molecule has 6 nitrogen and oxygen atoms in total. The molecule has 1 atom stereocenters. The lowest BCUT2D eigenvalue weighted by molar-refractivity contribution is -0.141. The summed E-state index contributed by atoms with van der Waals surface area (Å²) in [6.07, 6.45) is 0.520. The van der Waals surface area contributed by atoms with Crippen LogP contribution in [-0.2, 0) is 4.79 Å². The van der Waals surface area contributed by atoms with Gasteiger partial charge in [-0.25, -0.2) is 4.98 Å². The molecular weight excluding hydrogens is 258 g/mol. The summed E-state index contributed by atoms with van der Waals surface area (Å²) in [6.45, 7) is 2.64. The van der Waals surface area contributed by atoms with Gasteiger partial charge in [0.25, 0.3) is 5.91 Å². The first-order chi connectivity index (χ1) is 9.54. The summed E-state index contributed by atoms with van der Waals surface area (Å²) in [5.74, 6) is -0.600. The molecule has 1 aromatic heterocycles. The lowest BCUT2D eigenvalue weighted by atomic mass is 10.1. The molecule has 1 aliphatic rings. The number of nitrogens with zero attached hydrogens (tertiary/aromatic N) is 2. The summed E-state index contributed by atoms with van der Waals surface area (Å²) < 4.78 is 0. The third-order valence-corrected chi connectivity index (χ3v) is 3.67. The summed E-state index contributed by atoms with van der Waals surface area (Å²) in [7, 11) is 0. The van der Waals surface area contributed by atoms with Crippen LogP contribution in [0.1, 0.15) is 22.6 Å². The lowest BCUT2D eigenvalue weighted by Gasteiger charge is -2.15. The highest BCUT2D eigenvalue weighted by Gasteiger charge is 2.31. The average molecular weight is 273 g/mol. The number of carbonyl (C=O) groups is 2. The molecule has 1 saturated heterocycles. The number of hydrogen-bond acceptors (Lipinski definition) is 3. The van der Waals surface area contributed by atoms with E-state index in [-0.39, 0.29) is 12.5 Å². The summed E-state index contributed by atoms with van der Waals surface area (Å²) in [5, 5.41) is 8.98. The molecule has 0 unspecified atom stereocenters. The van der Waals surface area contributed by atoms with Crippen LogP contribution in [-0.4, -0.2) is 44.9 Å². The fraction of sp³-hybridized carbons (Fsp3) is 0.357. The lowest BCUT2D eigenvalue weighted by Crippen LogP contribution is -2.29. The maximum absolute atomic E-state index is 12.4.